The summed E-state index contributed by atoms with van der Waals surface area (Å²) in [6.45, 7) is 2.82. The molecule has 0 aliphatic heterocycles. The van der Waals surface area contributed by atoms with Gasteiger partial charge in [-0.3, -0.25) is 4.79 Å². The Bertz CT molecular complexity index is 807. The van der Waals surface area contributed by atoms with Crippen molar-refractivity contribution in [3.63, 3.8) is 0 Å². The van der Waals surface area contributed by atoms with Gasteiger partial charge in [0, 0.05) is 16.8 Å². The lowest BCUT2D eigenvalue weighted by atomic mass is 10.0. The van der Waals surface area contributed by atoms with Crippen molar-refractivity contribution < 1.29 is 9.53 Å². The maximum Gasteiger partial charge on any atom is 0.240 e. The third-order valence-electron chi connectivity index (χ3n) is 5.27. The molecule has 2 aromatic carbocycles. The summed E-state index contributed by atoms with van der Waals surface area (Å²) in [4.78, 5) is 12.7. The highest BCUT2D eigenvalue weighted by Gasteiger charge is 2.22. The summed E-state index contributed by atoms with van der Waals surface area (Å²) >= 11 is 8.15. The summed E-state index contributed by atoms with van der Waals surface area (Å²) in [6.07, 6.45) is 6.26. The van der Waals surface area contributed by atoms with Crippen LogP contribution in [0.15, 0.2) is 42.5 Å². The van der Waals surface area contributed by atoms with E-state index in [2.05, 4.69) is 9.62 Å². The zero-order valence-corrected chi connectivity index (χ0v) is 18.7. The summed E-state index contributed by atoms with van der Waals surface area (Å²) in [5.74, 6) is 0.815. The van der Waals surface area contributed by atoms with Gasteiger partial charge in [0.05, 0.1) is 12.8 Å². The Morgan fingerprint density at radius 3 is 2.59 bits per heavy atom. The van der Waals surface area contributed by atoms with E-state index < -0.39 is 0 Å². The van der Waals surface area contributed by atoms with Crippen molar-refractivity contribution in [2.75, 3.05) is 18.0 Å². The van der Waals surface area contributed by atoms with E-state index in [4.69, 9.17) is 16.3 Å². The van der Waals surface area contributed by atoms with E-state index in [9.17, 15) is 4.79 Å². The van der Waals surface area contributed by atoms with Crippen molar-refractivity contribution in [2.24, 2.45) is 0 Å². The van der Waals surface area contributed by atoms with E-state index in [0.717, 1.165) is 27.6 Å². The van der Waals surface area contributed by atoms with Crippen molar-refractivity contribution in [1.29, 1.82) is 0 Å². The number of ether oxygens (including phenoxy) is 1. The van der Waals surface area contributed by atoms with Crippen LogP contribution in [-0.2, 0) is 11.3 Å². The van der Waals surface area contributed by atoms with Gasteiger partial charge in [0.25, 0.3) is 0 Å². The Morgan fingerprint density at radius 2 is 1.90 bits per heavy atom. The molecule has 1 saturated carbocycles. The normalized spacial score (nSPS) is 14.4. The predicted octanol–water partition coefficient (Wildman–Crippen LogP) is 5.76. The standard InChI is InChI=1S/C23H29ClN2O2S/c1-17-21(24)9-6-10-22(17)26(29-20-7-4-3-5-8-20)16-23(27)25-15-18-11-13-19(28-2)14-12-18/h6,9-14,20H,3-5,7-8,15-16H2,1-2H3,(H,25,27). The number of nitrogens with zero attached hydrogens (tertiary/aromatic N) is 1. The molecule has 0 heterocycles. The molecule has 2 aromatic rings. The maximum atomic E-state index is 12.7. The predicted molar refractivity (Wildman–Crippen MR) is 123 cm³/mol. The Labute approximate surface area is 183 Å². The number of nitrogens with one attached hydrogen (secondary N) is 1. The number of hydrogen-bond acceptors (Lipinski definition) is 4. The van der Waals surface area contributed by atoms with Crippen LogP contribution in [-0.4, -0.2) is 24.8 Å². The van der Waals surface area contributed by atoms with Crippen LogP contribution in [0.5, 0.6) is 5.75 Å². The molecule has 156 valence electrons. The lowest BCUT2D eigenvalue weighted by Crippen LogP contribution is -2.35. The molecule has 29 heavy (non-hydrogen) atoms. The van der Waals surface area contributed by atoms with Crippen LogP contribution in [0, 0.1) is 6.92 Å². The van der Waals surface area contributed by atoms with Crippen LogP contribution in [0.25, 0.3) is 0 Å². The molecule has 0 aromatic heterocycles. The minimum atomic E-state index is 0.00324. The second kappa shape index (κ2) is 10.8. The van der Waals surface area contributed by atoms with Gasteiger partial charge in [-0.25, -0.2) is 0 Å². The SMILES string of the molecule is COc1ccc(CNC(=O)CN(SC2CCCCC2)c2cccc(Cl)c2C)cc1. The number of hydrogen-bond donors (Lipinski definition) is 1. The van der Waals surface area contributed by atoms with Gasteiger partial charge in [-0.2, -0.15) is 0 Å². The summed E-state index contributed by atoms with van der Waals surface area (Å²) in [5, 5.41) is 4.32. The minimum Gasteiger partial charge on any atom is -0.497 e. The van der Waals surface area contributed by atoms with Crippen molar-refractivity contribution in [3.05, 3.63) is 58.6 Å². The molecule has 1 aliphatic carbocycles. The lowest BCUT2D eigenvalue weighted by Gasteiger charge is -2.31. The number of rotatable bonds is 8. The third-order valence-corrected chi connectivity index (χ3v) is 7.03. The summed E-state index contributed by atoms with van der Waals surface area (Å²) in [7, 11) is 1.65. The number of anilines is 1. The van der Waals surface area contributed by atoms with Gasteiger partial charge < -0.3 is 14.4 Å². The van der Waals surface area contributed by atoms with E-state index in [-0.39, 0.29) is 5.91 Å². The molecule has 1 aliphatic rings. The Balaban J connectivity index is 1.66. The highest BCUT2D eigenvalue weighted by molar-refractivity contribution is 8.01. The molecule has 1 amide bonds. The van der Waals surface area contributed by atoms with E-state index >= 15 is 0 Å². The molecular formula is C23H29ClN2O2S. The van der Waals surface area contributed by atoms with Gasteiger partial charge in [-0.05, 0) is 67.1 Å². The first-order valence-corrected chi connectivity index (χ1v) is 11.4. The van der Waals surface area contributed by atoms with Crippen LogP contribution in [0.3, 0.4) is 0 Å². The van der Waals surface area contributed by atoms with Gasteiger partial charge >= 0.3 is 0 Å². The fourth-order valence-corrected chi connectivity index (χ4v) is 5.10. The number of amides is 1. The smallest absolute Gasteiger partial charge is 0.240 e. The first-order chi connectivity index (χ1) is 14.1. The quantitative estimate of drug-likeness (QED) is 0.538. The number of halogens is 1. The molecule has 0 atom stereocenters. The highest BCUT2D eigenvalue weighted by atomic mass is 35.5. The molecule has 1 N–H and O–H groups in total. The van der Waals surface area contributed by atoms with Crippen LogP contribution in [0.1, 0.15) is 43.2 Å². The van der Waals surface area contributed by atoms with E-state index in [1.165, 1.54) is 32.1 Å². The molecule has 1 fully saturated rings. The fourth-order valence-electron chi connectivity index (χ4n) is 3.53. The molecular weight excluding hydrogens is 404 g/mol. The third kappa shape index (κ3) is 6.31. The summed E-state index contributed by atoms with van der Waals surface area (Å²) in [5.41, 5.74) is 3.08. The number of carbonyl (C=O) groups is 1. The molecule has 0 radical (unpaired) electrons. The molecule has 3 rings (SSSR count). The van der Waals surface area contributed by atoms with Crippen molar-refractivity contribution in [3.8, 4) is 5.75 Å². The molecule has 4 nitrogen and oxygen atoms in total. The fraction of sp³-hybridized carbons (Fsp3) is 0.435. The van der Waals surface area contributed by atoms with Gasteiger partial charge in [0.1, 0.15) is 12.3 Å². The molecule has 6 heteroatoms. The maximum absolute atomic E-state index is 12.7. The van der Waals surface area contributed by atoms with Gasteiger partial charge in [-0.15, -0.1) is 0 Å². The van der Waals surface area contributed by atoms with Crippen LogP contribution >= 0.6 is 23.5 Å². The Kier molecular flexibility index (Phi) is 8.13. The van der Waals surface area contributed by atoms with Crippen molar-refractivity contribution in [2.45, 2.75) is 50.8 Å². The van der Waals surface area contributed by atoms with Gasteiger partial charge in [0.15, 0.2) is 0 Å². The molecule has 0 bridgehead atoms. The number of methoxy groups -OCH3 is 1. The molecule has 0 unspecified atom stereocenters. The zero-order valence-electron chi connectivity index (χ0n) is 17.1. The van der Waals surface area contributed by atoms with E-state index in [1.807, 2.05) is 49.4 Å². The second-order valence-corrected chi connectivity index (χ2v) is 9.14. The number of benzene rings is 2. The molecule has 0 spiro atoms. The van der Waals surface area contributed by atoms with Gasteiger partial charge in [-0.1, -0.05) is 49.1 Å². The first kappa shape index (κ1) is 21.8. The largest absolute Gasteiger partial charge is 0.497 e. The average molecular weight is 433 g/mol. The lowest BCUT2D eigenvalue weighted by molar-refractivity contribution is -0.119. The van der Waals surface area contributed by atoms with E-state index in [1.54, 1.807) is 19.1 Å². The second-order valence-electron chi connectivity index (χ2n) is 7.41. The van der Waals surface area contributed by atoms with Crippen LogP contribution in [0.4, 0.5) is 5.69 Å². The van der Waals surface area contributed by atoms with Crippen molar-refractivity contribution in [1.82, 2.24) is 5.32 Å². The summed E-state index contributed by atoms with van der Waals surface area (Å²) < 4.78 is 7.31. The minimum absolute atomic E-state index is 0.00324. The van der Waals surface area contributed by atoms with E-state index in [0.29, 0.717) is 18.3 Å². The highest BCUT2D eigenvalue weighted by Crippen LogP contribution is 2.36. The van der Waals surface area contributed by atoms with Crippen LogP contribution in [0.2, 0.25) is 5.02 Å². The molecule has 0 saturated heterocycles. The summed E-state index contributed by atoms with van der Waals surface area (Å²) in [6, 6.07) is 13.6. The van der Waals surface area contributed by atoms with Crippen LogP contribution < -0.4 is 14.4 Å². The van der Waals surface area contributed by atoms with Crippen molar-refractivity contribution >= 4 is 35.1 Å². The number of carbonyl (C=O) groups excluding carboxylic acids is 1. The van der Waals surface area contributed by atoms with Gasteiger partial charge in [0.2, 0.25) is 5.91 Å². The topological polar surface area (TPSA) is 41.6 Å². The first-order valence-electron chi connectivity index (χ1n) is 10.2. The monoisotopic (exact) mass is 432 g/mol. The Hall–Kier alpha value is -1.85. The average Bonchev–Trinajstić information content (AvgIpc) is 2.75. The Morgan fingerprint density at radius 1 is 1.17 bits per heavy atom. The zero-order chi connectivity index (χ0) is 20.6.